The lowest BCUT2D eigenvalue weighted by atomic mass is 10.1. The third-order valence-electron chi connectivity index (χ3n) is 3.32. The van der Waals surface area contributed by atoms with Crippen LogP contribution in [0.3, 0.4) is 0 Å². The van der Waals surface area contributed by atoms with Crippen LogP contribution in [0.25, 0.3) is 0 Å². The summed E-state index contributed by atoms with van der Waals surface area (Å²) in [6.07, 6.45) is 1.26. The Labute approximate surface area is 115 Å². The van der Waals surface area contributed by atoms with Gasteiger partial charge in [0.25, 0.3) is 0 Å². The molecule has 4 heteroatoms. The van der Waals surface area contributed by atoms with Crippen LogP contribution in [0.15, 0.2) is 18.2 Å². The van der Waals surface area contributed by atoms with Gasteiger partial charge in [0.15, 0.2) is 0 Å². The Bertz CT molecular complexity index is 442. The maximum absolute atomic E-state index is 11.8. The molecule has 0 aliphatic heterocycles. The van der Waals surface area contributed by atoms with Gasteiger partial charge in [0, 0.05) is 11.4 Å². The van der Waals surface area contributed by atoms with Crippen LogP contribution in [0.5, 0.6) is 0 Å². The summed E-state index contributed by atoms with van der Waals surface area (Å²) in [7, 11) is 0. The molecule has 1 amide bonds. The Morgan fingerprint density at radius 1 is 1.42 bits per heavy atom. The Morgan fingerprint density at radius 3 is 2.74 bits per heavy atom. The van der Waals surface area contributed by atoms with E-state index in [1.54, 1.807) is 0 Å². The first-order valence-corrected chi connectivity index (χ1v) is 6.64. The summed E-state index contributed by atoms with van der Waals surface area (Å²) >= 11 is 0. The third-order valence-corrected chi connectivity index (χ3v) is 3.32. The van der Waals surface area contributed by atoms with E-state index in [9.17, 15) is 4.79 Å². The molecule has 3 N–H and O–H groups in total. The number of rotatable bonds is 6. The minimum absolute atomic E-state index is 0.0550. The number of carbonyl (C=O) groups excluding carboxylic acids is 1. The lowest BCUT2D eigenvalue weighted by Crippen LogP contribution is -2.25. The van der Waals surface area contributed by atoms with Gasteiger partial charge in [-0.25, -0.2) is 0 Å². The molecule has 0 bridgehead atoms. The molecule has 4 nitrogen and oxygen atoms in total. The van der Waals surface area contributed by atoms with Gasteiger partial charge in [-0.15, -0.1) is 0 Å². The minimum atomic E-state index is -0.173. The van der Waals surface area contributed by atoms with E-state index in [0.29, 0.717) is 18.7 Å². The summed E-state index contributed by atoms with van der Waals surface area (Å²) < 4.78 is 5.66. The summed E-state index contributed by atoms with van der Waals surface area (Å²) in [6, 6.07) is 5.49. The van der Waals surface area contributed by atoms with Crippen LogP contribution in [-0.4, -0.2) is 18.1 Å². The molecular formula is C15H24N2O2. The number of anilines is 2. The summed E-state index contributed by atoms with van der Waals surface area (Å²) in [5.41, 5.74) is 7.96. The summed E-state index contributed by atoms with van der Waals surface area (Å²) in [4.78, 5) is 11.8. The normalized spacial score (nSPS) is 11.4. The standard InChI is InChI=1S/C15H24N2O2/c1-5-15(3,4)19-10-9-14(18)17-13-8-6-7-12(16)11(13)2/h6-8H,5,9-10,16H2,1-4H3,(H,17,18). The molecule has 19 heavy (non-hydrogen) atoms. The zero-order chi connectivity index (χ0) is 14.5. The van der Waals surface area contributed by atoms with Gasteiger partial charge in [0.05, 0.1) is 18.6 Å². The van der Waals surface area contributed by atoms with Gasteiger partial charge in [-0.05, 0) is 44.9 Å². The Balaban J connectivity index is 2.46. The van der Waals surface area contributed by atoms with E-state index in [1.807, 2.05) is 39.0 Å². The van der Waals surface area contributed by atoms with Crippen molar-refractivity contribution in [1.82, 2.24) is 0 Å². The molecule has 0 saturated heterocycles. The number of benzene rings is 1. The van der Waals surface area contributed by atoms with Crippen molar-refractivity contribution in [2.24, 2.45) is 0 Å². The van der Waals surface area contributed by atoms with Crippen molar-refractivity contribution < 1.29 is 9.53 Å². The second-order valence-corrected chi connectivity index (χ2v) is 5.28. The van der Waals surface area contributed by atoms with Crippen molar-refractivity contribution in [2.75, 3.05) is 17.7 Å². The predicted octanol–water partition coefficient (Wildman–Crippen LogP) is 3.11. The van der Waals surface area contributed by atoms with Crippen molar-refractivity contribution in [3.8, 4) is 0 Å². The van der Waals surface area contributed by atoms with E-state index >= 15 is 0 Å². The summed E-state index contributed by atoms with van der Waals surface area (Å²) in [5, 5.41) is 2.86. The molecule has 0 aliphatic carbocycles. The van der Waals surface area contributed by atoms with Crippen LogP contribution in [0.1, 0.15) is 39.2 Å². The highest BCUT2D eigenvalue weighted by molar-refractivity contribution is 5.92. The summed E-state index contributed by atoms with van der Waals surface area (Å²) in [6.45, 7) is 8.42. The van der Waals surface area contributed by atoms with Gasteiger partial charge in [-0.1, -0.05) is 13.0 Å². The Hall–Kier alpha value is -1.55. The molecule has 1 rings (SSSR count). The molecule has 0 unspecified atom stereocenters. The van der Waals surface area contributed by atoms with Crippen molar-refractivity contribution >= 4 is 17.3 Å². The van der Waals surface area contributed by atoms with Crippen LogP contribution in [-0.2, 0) is 9.53 Å². The fourth-order valence-electron chi connectivity index (χ4n) is 1.52. The molecule has 0 saturated carbocycles. The van der Waals surface area contributed by atoms with E-state index in [4.69, 9.17) is 10.5 Å². The average Bonchev–Trinajstić information content (AvgIpc) is 2.35. The molecule has 0 aromatic heterocycles. The maximum atomic E-state index is 11.8. The number of amides is 1. The lowest BCUT2D eigenvalue weighted by molar-refractivity contribution is -0.118. The Kier molecular flexibility index (Phi) is 5.36. The van der Waals surface area contributed by atoms with E-state index in [-0.39, 0.29) is 11.5 Å². The second kappa shape index (κ2) is 6.57. The minimum Gasteiger partial charge on any atom is -0.398 e. The van der Waals surface area contributed by atoms with Crippen molar-refractivity contribution in [2.45, 2.75) is 46.1 Å². The van der Waals surface area contributed by atoms with Crippen molar-refractivity contribution in [3.05, 3.63) is 23.8 Å². The quantitative estimate of drug-likeness (QED) is 0.776. The lowest BCUT2D eigenvalue weighted by Gasteiger charge is -2.23. The third kappa shape index (κ3) is 4.91. The second-order valence-electron chi connectivity index (χ2n) is 5.28. The maximum Gasteiger partial charge on any atom is 0.226 e. The molecular weight excluding hydrogens is 240 g/mol. The number of hydrogen-bond donors (Lipinski definition) is 2. The molecule has 1 aromatic rings. The van der Waals surface area contributed by atoms with Crippen LogP contribution in [0, 0.1) is 6.92 Å². The van der Waals surface area contributed by atoms with Crippen LogP contribution < -0.4 is 11.1 Å². The molecule has 0 aliphatic rings. The molecule has 0 spiro atoms. The van der Waals surface area contributed by atoms with E-state index in [0.717, 1.165) is 17.7 Å². The van der Waals surface area contributed by atoms with Crippen molar-refractivity contribution in [3.63, 3.8) is 0 Å². The van der Waals surface area contributed by atoms with Gasteiger partial charge in [0.1, 0.15) is 0 Å². The van der Waals surface area contributed by atoms with E-state index < -0.39 is 0 Å². The molecule has 0 heterocycles. The zero-order valence-corrected chi connectivity index (χ0v) is 12.2. The van der Waals surface area contributed by atoms with Crippen molar-refractivity contribution in [1.29, 1.82) is 0 Å². The van der Waals surface area contributed by atoms with Crippen LogP contribution in [0.2, 0.25) is 0 Å². The SMILES string of the molecule is CCC(C)(C)OCCC(=O)Nc1cccc(N)c1C. The predicted molar refractivity (Wildman–Crippen MR) is 79.2 cm³/mol. The first-order valence-electron chi connectivity index (χ1n) is 6.64. The number of ether oxygens (including phenoxy) is 1. The van der Waals surface area contributed by atoms with Crippen LogP contribution >= 0.6 is 0 Å². The Morgan fingerprint density at radius 2 is 2.11 bits per heavy atom. The van der Waals surface area contributed by atoms with Gasteiger partial charge in [0.2, 0.25) is 5.91 Å². The van der Waals surface area contributed by atoms with Crippen LogP contribution in [0.4, 0.5) is 11.4 Å². The first kappa shape index (κ1) is 15.5. The fraction of sp³-hybridized carbons (Fsp3) is 0.533. The highest BCUT2D eigenvalue weighted by Gasteiger charge is 2.15. The molecule has 0 radical (unpaired) electrons. The number of carbonyl (C=O) groups is 1. The number of hydrogen-bond acceptors (Lipinski definition) is 3. The average molecular weight is 264 g/mol. The smallest absolute Gasteiger partial charge is 0.226 e. The number of nitrogens with one attached hydrogen (secondary N) is 1. The molecule has 106 valence electrons. The van der Waals surface area contributed by atoms with Gasteiger partial charge < -0.3 is 15.8 Å². The molecule has 1 aromatic carbocycles. The largest absolute Gasteiger partial charge is 0.398 e. The van der Waals surface area contributed by atoms with Gasteiger partial charge in [-0.2, -0.15) is 0 Å². The zero-order valence-electron chi connectivity index (χ0n) is 12.2. The topological polar surface area (TPSA) is 64.3 Å². The number of nitrogen functional groups attached to an aromatic ring is 1. The van der Waals surface area contributed by atoms with E-state index in [1.165, 1.54) is 0 Å². The van der Waals surface area contributed by atoms with E-state index in [2.05, 4.69) is 12.2 Å². The fourth-order valence-corrected chi connectivity index (χ4v) is 1.52. The van der Waals surface area contributed by atoms with Gasteiger partial charge >= 0.3 is 0 Å². The highest BCUT2D eigenvalue weighted by Crippen LogP contribution is 2.20. The molecule has 0 fully saturated rings. The van der Waals surface area contributed by atoms with Gasteiger partial charge in [-0.3, -0.25) is 4.79 Å². The highest BCUT2D eigenvalue weighted by atomic mass is 16.5. The first-order chi connectivity index (χ1) is 8.85. The molecule has 0 atom stereocenters. The summed E-state index contributed by atoms with van der Waals surface area (Å²) in [5.74, 6) is -0.0550. The number of nitrogens with two attached hydrogens (primary N) is 1. The monoisotopic (exact) mass is 264 g/mol.